The van der Waals surface area contributed by atoms with Gasteiger partial charge in [0, 0.05) is 29.8 Å². The molecule has 1 aromatic heterocycles. The highest BCUT2D eigenvalue weighted by molar-refractivity contribution is 9.10. The first-order chi connectivity index (χ1) is 8.09. The Bertz CT molecular complexity index is 328. The highest BCUT2D eigenvalue weighted by atomic mass is 79.9. The van der Waals surface area contributed by atoms with Crippen LogP contribution in [0.5, 0.6) is 0 Å². The van der Waals surface area contributed by atoms with E-state index < -0.39 is 0 Å². The summed E-state index contributed by atoms with van der Waals surface area (Å²) < 4.78 is 1.06. The van der Waals surface area contributed by atoms with Crippen molar-refractivity contribution in [2.45, 2.75) is 33.4 Å². The van der Waals surface area contributed by atoms with Gasteiger partial charge in [-0.15, -0.1) is 0 Å². The van der Waals surface area contributed by atoms with Gasteiger partial charge in [-0.25, -0.2) is 0 Å². The average molecular weight is 300 g/mol. The van der Waals surface area contributed by atoms with Crippen LogP contribution in [0.15, 0.2) is 22.8 Å². The molecule has 1 rings (SSSR count). The van der Waals surface area contributed by atoms with Gasteiger partial charge < -0.3 is 10.6 Å². The van der Waals surface area contributed by atoms with Gasteiger partial charge in [0.25, 0.3) is 0 Å². The molecule has 0 bridgehead atoms. The van der Waals surface area contributed by atoms with E-state index in [2.05, 4.69) is 52.3 Å². The number of rotatable bonds is 7. The van der Waals surface area contributed by atoms with Crippen LogP contribution in [0.25, 0.3) is 0 Å². The number of nitrogens with one attached hydrogen (secondary N) is 2. The maximum absolute atomic E-state index is 4.33. The topological polar surface area (TPSA) is 37.0 Å². The molecule has 2 N–H and O–H groups in total. The highest BCUT2D eigenvalue weighted by Gasteiger charge is 2.04. The van der Waals surface area contributed by atoms with Gasteiger partial charge in [-0.3, -0.25) is 4.98 Å². The van der Waals surface area contributed by atoms with Crippen molar-refractivity contribution in [3.8, 4) is 0 Å². The van der Waals surface area contributed by atoms with Crippen molar-refractivity contribution in [3.63, 3.8) is 0 Å². The lowest BCUT2D eigenvalue weighted by Crippen LogP contribution is -2.37. The van der Waals surface area contributed by atoms with Gasteiger partial charge >= 0.3 is 0 Å². The SMILES string of the molecule is CC(C)CNCC(C)NCc1ncccc1Br. The zero-order valence-electron chi connectivity index (χ0n) is 10.8. The Morgan fingerprint density at radius 2 is 2.06 bits per heavy atom. The van der Waals surface area contributed by atoms with E-state index in [0.29, 0.717) is 12.0 Å². The van der Waals surface area contributed by atoms with Crippen LogP contribution in [-0.2, 0) is 6.54 Å². The third-order valence-electron chi connectivity index (χ3n) is 2.46. The van der Waals surface area contributed by atoms with Gasteiger partial charge in [-0.2, -0.15) is 0 Å². The summed E-state index contributed by atoms with van der Waals surface area (Å²) in [5.74, 6) is 0.701. The molecule has 1 unspecified atom stereocenters. The van der Waals surface area contributed by atoms with Crippen LogP contribution < -0.4 is 10.6 Å². The lowest BCUT2D eigenvalue weighted by molar-refractivity contribution is 0.469. The van der Waals surface area contributed by atoms with Crippen molar-refractivity contribution in [1.82, 2.24) is 15.6 Å². The molecule has 0 aromatic carbocycles. The molecule has 3 nitrogen and oxygen atoms in total. The second kappa shape index (κ2) is 7.80. The van der Waals surface area contributed by atoms with Crippen molar-refractivity contribution in [1.29, 1.82) is 0 Å². The van der Waals surface area contributed by atoms with E-state index in [9.17, 15) is 0 Å². The quantitative estimate of drug-likeness (QED) is 0.812. The van der Waals surface area contributed by atoms with E-state index in [1.165, 1.54) is 0 Å². The summed E-state index contributed by atoms with van der Waals surface area (Å²) in [6.07, 6.45) is 1.82. The molecule has 0 aliphatic rings. The van der Waals surface area contributed by atoms with Crippen LogP contribution in [0.1, 0.15) is 26.5 Å². The predicted molar refractivity (Wildman–Crippen MR) is 75.9 cm³/mol. The zero-order chi connectivity index (χ0) is 12.7. The van der Waals surface area contributed by atoms with Crippen LogP contribution in [0.2, 0.25) is 0 Å². The molecule has 0 aliphatic carbocycles. The molecule has 1 atom stereocenters. The minimum Gasteiger partial charge on any atom is -0.315 e. The predicted octanol–water partition coefficient (Wildman–Crippen LogP) is 2.57. The van der Waals surface area contributed by atoms with E-state index in [0.717, 1.165) is 29.8 Å². The maximum Gasteiger partial charge on any atom is 0.0683 e. The Kier molecular flexibility index (Phi) is 6.70. The number of pyridine rings is 1. The fourth-order valence-electron chi connectivity index (χ4n) is 1.48. The van der Waals surface area contributed by atoms with E-state index >= 15 is 0 Å². The zero-order valence-corrected chi connectivity index (χ0v) is 12.4. The molecule has 1 heterocycles. The van der Waals surface area contributed by atoms with Gasteiger partial charge in [0.05, 0.1) is 5.69 Å². The summed E-state index contributed by atoms with van der Waals surface area (Å²) in [6.45, 7) is 9.48. The van der Waals surface area contributed by atoms with Gasteiger partial charge in [0.15, 0.2) is 0 Å². The molecular formula is C13H22BrN3. The standard InChI is InChI=1S/C13H22BrN3/c1-10(2)7-15-8-11(3)17-9-13-12(14)5-4-6-16-13/h4-6,10-11,15,17H,7-9H2,1-3H3. The summed E-state index contributed by atoms with van der Waals surface area (Å²) in [6, 6.07) is 4.40. The molecule has 0 spiro atoms. The fraction of sp³-hybridized carbons (Fsp3) is 0.615. The smallest absolute Gasteiger partial charge is 0.0683 e. The molecule has 96 valence electrons. The minimum absolute atomic E-state index is 0.447. The van der Waals surface area contributed by atoms with Crippen LogP contribution in [0.4, 0.5) is 0 Å². The number of hydrogen-bond acceptors (Lipinski definition) is 3. The molecule has 0 radical (unpaired) electrons. The average Bonchev–Trinajstić information content (AvgIpc) is 2.27. The lowest BCUT2D eigenvalue weighted by Gasteiger charge is -2.15. The van der Waals surface area contributed by atoms with Crippen molar-refractivity contribution >= 4 is 15.9 Å². The Balaban J connectivity index is 2.24. The highest BCUT2D eigenvalue weighted by Crippen LogP contribution is 2.12. The molecule has 0 aliphatic heterocycles. The molecule has 0 saturated heterocycles. The maximum atomic E-state index is 4.33. The summed E-state index contributed by atoms with van der Waals surface area (Å²) in [5, 5.41) is 6.90. The molecule has 1 aromatic rings. The summed E-state index contributed by atoms with van der Waals surface area (Å²) in [5.41, 5.74) is 1.06. The van der Waals surface area contributed by atoms with Crippen molar-refractivity contribution in [2.24, 2.45) is 5.92 Å². The van der Waals surface area contributed by atoms with E-state index in [1.807, 2.05) is 18.3 Å². The minimum atomic E-state index is 0.447. The van der Waals surface area contributed by atoms with Crippen LogP contribution in [0.3, 0.4) is 0 Å². The first kappa shape index (κ1) is 14.6. The van der Waals surface area contributed by atoms with Crippen molar-refractivity contribution < 1.29 is 0 Å². The second-order valence-electron chi connectivity index (χ2n) is 4.77. The number of nitrogens with zero attached hydrogens (tertiary/aromatic N) is 1. The molecular weight excluding hydrogens is 278 g/mol. The van der Waals surface area contributed by atoms with Gasteiger partial charge in [-0.1, -0.05) is 13.8 Å². The second-order valence-corrected chi connectivity index (χ2v) is 5.62. The molecule has 0 amide bonds. The number of hydrogen-bond donors (Lipinski definition) is 2. The Hall–Kier alpha value is -0.450. The molecule has 0 fully saturated rings. The summed E-state index contributed by atoms with van der Waals surface area (Å²) >= 11 is 3.50. The Morgan fingerprint density at radius 3 is 2.71 bits per heavy atom. The van der Waals surface area contributed by atoms with E-state index in [1.54, 1.807) is 0 Å². The van der Waals surface area contributed by atoms with Crippen LogP contribution in [-0.4, -0.2) is 24.1 Å². The summed E-state index contributed by atoms with van der Waals surface area (Å²) in [4.78, 5) is 4.33. The largest absolute Gasteiger partial charge is 0.315 e. The first-order valence-corrected chi connectivity index (χ1v) is 6.92. The molecule has 0 saturated carbocycles. The van der Waals surface area contributed by atoms with Crippen LogP contribution >= 0.6 is 15.9 Å². The van der Waals surface area contributed by atoms with E-state index in [-0.39, 0.29) is 0 Å². The van der Waals surface area contributed by atoms with Crippen molar-refractivity contribution in [3.05, 3.63) is 28.5 Å². The fourth-order valence-corrected chi connectivity index (χ4v) is 1.88. The molecule has 4 heteroatoms. The third kappa shape index (κ3) is 6.15. The Morgan fingerprint density at radius 1 is 1.29 bits per heavy atom. The summed E-state index contributed by atoms with van der Waals surface area (Å²) in [7, 11) is 0. The van der Waals surface area contributed by atoms with Crippen LogP contribution in [0, 0.1) is 5.92 Å². The van der Waals surface area contributed by atoms with Crippen molar-refractivity contribution in [2.75, 3.05) is 13.1 Å². The van der Waals surface area contributed by atoms with Gasteiger partial charge in [0.2, 0.25) is 0 Å². The third-order valence-corrected chi connectivity index (χ3v) is 3.18. The monoisotopic (exact) mass is 299 g/mol. The molecule has 17 heavy (non-hydrogen) atoms. The van der Waals surface area contributed by atoms with Gasteiger partial charge in [0.1, 0.15) is 0 Å². The lowest BCUT2D eigenvalue weighted by atomic mass is 10.2. The normalized spacial score (nSPS) is 13.0. The number of halogens is 1. The Labute approximate surface area is 113 Å². The van der Waals surface area contributed by atoms with Gasteiger partial charge in [-0.05, 0) is 47.4 Å². The first-order valence-electron chi connectivity index (χ1n) is 6.13. The number of aromatic nitrogens is 1. The van der Waals surface area contributed by atoms with E-state index in [4.69, 9.17) is 0 Å².